The predicted octanol–water partition coefficient (Wildman–Crippen LogP) is 3.91. The van der Waals surface area contributed by atoms with Crippen molar-refractivity contribution in [3.8, 4) is 0 Å². The molecule has 2 atom stereocenters. The van der Waals surface area contributed by atoms with Crippen molar-refractivity contribution in [3.63, 3.8) is 0 Å². The molecule has 3 rings (SSSR count). The molecule has 5 nitrogen and oxygen atoms in total. The summed E-state index contributed by atoms with van der Waals surface area (Å²) >= 11 is 0. The Morgan fingerprint density at radius 3 is 2.41 bits per heavy atom. The lowest BCUT2D eigenvalue weighted by atomic mass is 9.82. The number of Topliss-reactive ketones (excluding diaryl/α,β-unsaturated/α-hetero) is 1. The molecule has 5 heteroatoms. The zero-order valence-electron chi connectivity index (χ0n) is 17.4. The molecule has 0 spiro atoms. The maximum atomic E-state index is 12.9. The minimum Gasteiger partial charge on any atom is -0.343 e. The van der Waals surface area contributed by atoms with E-state index in [1.54, 1.807) is 0 Å². The molecule has 1 heterocycles. The number of ketones is 1. The Labute approximate surface area is 173 Å². The second-order valence-electron chi connectivity index (χ2n) is 7.60. The van der Waals surface area contributed by atoms with Crippen molar-refractivity contribution in [3.05, 3.63) is 70.8 Å². The number of rotatable bonds is 9. The molecular weight excluding hydrogens is 364 g/mol. The first-order valence-electron chi connectivity index (χ1n) is 10.5. The van der Waals surface area contributed by atoms with Crippen LogP contribution in [0.1, 0.15) is 67.3 Å². The third kappa shape index (κ3) is 4.59. The molecule has 29 heavy (non-hydrogen) atoms. The van der Waals surface area contributed by atoms with Crippen LogP contribution in [0.25, 0.3) is 0 Å². The first kappa shape index (κ1) is 21.7. The smallest absolute Gasteiger partial charge is 0.194 e. The molecule has 156 valence electrons. The van der Waals surface area contributed by atoms with Crippen molar-refractivity contribution >= 4 is 5.78 Å². The van der Waals surface area contributed by atoms with Gasteiger partial charge in [0.1, 0.15) is 5.78 Å². The van der Waals surface area contributed by atoms with E-state index in [1.807, 2.05) is 55.5 Å². The fourth-order valence-electron chi connectivity index (χ4n) is 4.14. The third-order valence-electron chi connectivity index (χ3n) is 5.64. The molecule has 0 saturated carbocycles. The number of carbonyl (C=O) groups is 1. The minimum absolute atomic E-state index is 0.119. The normalized spacial score (nSPS) is 17.8. The van der Waals surface area contributed by atoms with E-state index in [2.05, 4.69) is 6.92 Å². The van der Waals surface area contributed by atoms with Gasteiger partial charge in [0.15, 0.2) is 5.79 Å². The van der Waals surface area contributed by atoms with E-state index in [0.717, 1.165) is 35.1 Å². The lowest BCUT2D eigenvalue weighted by molar-refractivity contribution is -0.171. The van der Waals surface area contributed by atoms with Crippen molar-refractivity contribution in [2.75, 3.05) is 13.2 Å². The molecule has 0 aliphatic carbocycles. The quantitative estimate of drug-likeness (QED) is 0.671. The average Bonchev–Trinajstić information content (AvgIpc) is 3.24. The van der Waals surface area contributed by atoms with Gasteiger partial charge in [-0.15, -0.1) is 0 Å². The topological polar surface area (TPSA) is 87.6 Å². The summed E-state index contributed by atoms with van der Waals surface area (Å²) in [5.74, 6) is -1.02. The molecule has 1 saturated heterocycles. The largest absolute Gasteiger partial charge is 0.343 e. The first-order chi connectivity index (χ1) is 14.0. The van der Waals surface area contributed by atoms with E-state index in [9.17, 15) is 4.79 Å². The van der Waals surface area contributed by atoms with Gasteiger partial charge in [-0.2, -0.15) is 0 Å². The van der Waals surface area contributed by atoms with Crippen LogP contribution in [0.4, 0.5) is 0 Å². The number of ether oxygens (including phenoxy) is 2. The van der Waals surface area contributed by atoms with Gasteiger partial charge in [0.05, 0.1) is 19.1 Å². The average molecular weight is 397 g/mol. The van der Waals surface area contributed by atoms with Gasteiger partial charge in [0.25, 0.3) is 0 Å². The highest BCUT2D eigenvalue weighted by Crippen LogP contribution is 2.38. The summed E-state index contributed by atoms with van der Waals surface area (Å²) in [6, 6.07) is 15.4. The highest BCUT2D eigenvalue weighted by atomic mass is 16.7. The summed E-state index contributed by atoms with van der Waals surface area (Å²) in [5.41, 5.74) is 16.3. The summed E-state index contributed by atoms with van der Waals surface area (Å²) in [7, 11) is 0. The number of nitrogens with two attached hydrogens (primary N) is 2. The lowest BCUT2D eigenvalue weighted by Crippen LogP contribution is -2.29. The Morgan fingerprint density at radius 1 is 1.07 bits per heavy atom. The van der Waals surface area contributed by atoms with E-state index in [1.165, 1.54) is 0 Å². The van der Waals surface area contributed by atoms with Crippen LogP contribution in [0.15, 0.2) is 48.5 Å². The van der Waals surface area contributed by atoms with Crippen LogP contribution in [0.2, 0.25) is 0 Å². The molecule has 0 aromatic heterocycles. The van der Waals surface area contributed by atoms with Gasteiger partial charge in [0, 0.05) is 31.0 Å². The zero-order valence-corrected chi connectivity index (χ0v) is 17.4. The Kier molecular flexibility index (Phi) is 7.19. The van der Waals surface area contributed by atoms with Crippen LogP contribution in [-0.2, 0) is 26.6 Å². The van der Waals surface area contributed by atoms with Crippen molar-refractivity contribution in [2.45, 2.75) is 57.4 Å². The molecule has 2 unspecified atom stereocenters. The number of hydrogen-bond acceptors (Lipinski definition) is 5. The van der Waals surface area contributed by atoms with Crippen LogP contribution < -0.4 is 11.5 Å². The van der Waals surface area contributed by atoms with E-state index < -0.39 is 17.7 Å². The molecule has 4 N–H and O–H groups in total. The number of carbonyl (C=O) groups excluding carboxylic acids is 1. The Hall–Kier alpha value is -2.05. The van der Waals surface area contributed by atoms with Crippen LogP contribution in [0, 0.1) is 0 Å². The third-order valence-corrected chi connectivity index (χ3v) is 5.64. The molecule has 1 aliphatic heterocycles. The van der Waals surface area contributed by atoms with Gasteiger partial charge in [-0.25, -0.2) is 0 Å². The summed E-state index contributed by atoms with van der Waals surface area (Å²) in [6.45, 7) is 5.59. The van der Waals surface area contributed by atoms with Crippen LogP contribution in [0.3, 0.4) is 0 Å². The van der Waals surface area contributed by atoms with Gasteiger partial charge in [-0.1, -0.05) is 62.7 Å². The van der Waals surface area contributed by atoms with Gasteiger partial charge in [-0.05, 0) is 22.8 Å². The fourth-order valence-corrected chi connectivity index (χ4v) is 4.14. The zero-order chi connectivity index (χ0) is 20.9. The van der Waals surface area contributed by atoms with E-state index in [0.29, 0.717) is 26.2 Å². The van der Waals surface area contributed by atoms with Gasteiger partial charge < -0.3 is 20.9 Å². The van der Waals surface area contributed by atoms with Gasteiger partial charge in [0.2, 0.25) is 0 Å². The summed E-state index contributed by atoms with van der Waals surface area (Å²) in [5, 5.41) is 0. The summed E-state index contributed by atoms with van der Waals surface area (Å²) < 4.78 is 12.0. The van der Waals surface area contributed by atoms with E-state index in [-0.39, 0.29) is 5.78 Å². The van der Waals surface area contributed by atoms with Gasteiger partial charge in [-0.3, -0.25) is 4.79 Å². The number of benzene rings is 2. The van der Waals surface area contributed by atoms with Crippen LogP contribution in [-0.4, -0.2) is 19.0 Å². The lowest BCUT2D eigenvalue weighted by Gasteiger charge is -2.29. The number of hydrogen-bond donors (Lipinski definition) is 2. The molecule has 2 aromatic rings. The van der Waals surface area contributed by atoms with E-state index >= 15 is 0 Å². The monoisotopic (exact) mass is 396 g/mol. The highest BCUT2D eigenvalue weighted by Gasteiger charge is 2.38. The van der Waals surface area contributed by atoms with Crippen molar-refractivity contribution < 1.29 is 14.3 Å². The molecule has 1 fully saturated rings. The molecule has 0 radical (unpaired) electrons. The van der Waals surface area contributed by atoms with Crippen LogP contribution in [0.5, 0.6) is 0 Å². The molecular formula is C24H32N2O3. The maximum Gasteiger partial charge on any atom is 0.194 e. The highest BCUT2D eigenvalue weighted by molar-refractivity contribution is 5.86. The Bertz CT molecular complexity index is 830. The first-order valence-corrected chi connectivity index (χ1v) is 10.5. The summed E-state index contributed by atoms with van der Waals surface area (Å²) in [6.07, 6.45) is 2.15. The van der Waals surface area contributed by atoms with Crippen LogP contribution >= 0.6 is 0 Å². The molecule has 2 aromatic carbocycles. The van der Waals surface area contributed by atoms with Crippen molar-refractivity contribution in [1.82, 2.24) is 0 Å². The second-order valence-corrected chi connectivity index (χ2v) is 7.60. The minimum atomic E-state index is -0.714. The standard InChI is InChI=1S/C24H32N2O3/c1-3-11-24(28-12-13-29-24)20-10-6-9-19(15-20)23(26)22(21(27)4-2)18-8-5-7-17(14-18)16-25/h5-10,14-15,22-23H,3-4,11-13,16,25-26H2,1-2H3. The van der Waals surface area contributed by atoms with Crippen molar-refractivity contribution in [2.24, 2.45) is 11.5 Å². The van der Waals surface area contributed by atoms with Crippen molar-refractivity contribution in [1.29, 1.82) is 0 Å². The van der Waals surface area contributed by atoms with Gasteiger partial charge >= 0.3 is 0 Å². The fraction of sp³-hybridized carbons (Fsp3) is 0.458. The summed E-state index contributed by atoms with van der Waals surface area (Å²) in [4.78, 5) is 12.9. The Balaban J connectivity index is 1.98. The SMILES string of the molecule is CCCC1(c2cccc(C(N)C(C(=O)CC)c3cccc(CN)c3)c2)OCCO1. The maximum absolute atomic E-state index is 12.9. The Morgan fingerprint density at radius 2 is 1.76 bits per heavy atom. The second kappa shape index (κ2) is 9.63. The van der Waals surface area contributed by atoms with E-state index in [4.69, 9.17) is 20.9 Å². The predicted molar refractivity (Wildman–Crippen MR) is 114 cm³/mol. The molecule has 1 aliphatic rings. The molecule has 0 amide bonds. The molecule has 0 bridgehead atoms.